The number of rotatable bonds is 7. The molecule has 0 fully saturated rings. The number of sulfonamides is 1. The molecule has 0 saturated heterocycles. The van der Waals surface area contributed by atoms with Crippen molar-refractivity contribution in [2.45, 2.75) is 38.1 Å². The van der Waals surface area contributed by atoms with E-state index in [-0.39, 0.29) is 29.4 Å². The van der Waals surface area contributed by atoms with Crippen LogP contribution < -0.4 is 9.88 Å². The van der Waals surface area contributed by atoms with Crippen LogP contribution in [-0.2, 0) is 26.2 Å². The molecule has 0 atom stereocenters. The fourth-order valence-corrected chi connectivity index (χ4v) is 3.58. The maximum Gasteiger partial charge on any atom is 0.373 e. The lowest BCUT2D eigenvalue weighted by atomic mass is 9.91. The molecule has 0 bridgehead atoms. The standard InChI is InChI=1S/C20H23FN4O3S.CO2/c1-13(2)18-9-16(21)10-19(14(18)3)15-4-5-23-20(8-15)28-7-6-25-12-17(11-24-25)29(22,26)27;2-1-3/h4-5,8-13H,6-7H2,1-3H3,(H2,22,26,27);. The van der Waals surface area contributed by atoms with Gasteiger partial charge in [-0.15, -0.1) is 0 Å². The van der Waals surface area contributed by atoms with Crippen molar-refractivity contribution < 1.29 is 27.1 Å². The largest absolute Gasteiger partial charge is 0.476 e. The Kier molecular flexibility index (Phi) is 8.36. The number of halogens is 1. The highest BCUT2D eigenvalue weighted by atomic mass is 32.2. The summed E-state index contributed by atoms with van der Waals surface area (Å²) in [5.74, 6) is 0.312. The van der Waals surface area contributed by atoms with Crippen LogP contribution in [0.4, 0.5) is 4.39 Å². The van der Waals surface area contributed by atoms with Gasteiger partial charge >= 0.3 is 6.15 Å². The van der Waals surface area contributed by atoms with Gasteiger partial charge in [0.15, 0.2) is 0 Å². The zero-order chi connectivity index (χ0) is 23.9. The second-order valence-electron chi connectivity index (χ2n) is 7.12. The van der Waals surface area contributed by atoms with Crippen molar-refractivity contribution >= 4 is 16.2 Å². The number of benzene rings is 1. The molecule has 32 heavy (non-hydrogen) atoms. The van der Waals surface area contributed by atoms with Gasteiger partial charge in [-0.3, -0.25) is 4.68 Å². The first-order valence-electron chi connectivity index (χ1n) is 9.50. The first-order valence-corrected chi connectivity index (χ1v) is 11.0. The number of carbonyl (C=O) groups excluding carboxylic acids is 2. The number of nitrogens with two attached hydrogens (primary N) is 1. The third-order valence-electron chi connectivity index (χ3n) is 4.59. The van der Waals surface area contributed by atoms with Crippen molar-refractivity contribution in [2.24, 2.45) is 5.14 Å². The summed E-state index contributed by atoms with van der Waals surface area (Å²) in [6, 6.07) is 6.65. The smallest absolute Gasteiger partial charge is 0.373 e. The molecule has 0 aliphatic heterocycles. The molecule has 170 valence electrons. The summed E-state index contributed by atoms with van der Waals surface area (Å²) in [7, 11) is -3.78. The molecule has 3 rings (SSSR count). The number of primary sulfonamides is 1. The van der Waals surface area contributed by atoms with Crippen molar-refractivity contribution in [1.82, 2.24) is 14.8 Å². The van der Waals surface area contributed by atoms with Gasteiger partial charge in [-0.05, 0) is 53.3 Å². The van der Waals surface area contributed by atoms with Gasteiger partial charge in [0.2, 0.25) is 15.9 Å². The normalized spacial score (nSPS) is 10.9. The van der Waals surface area contributed by atoms with E-state index in [9.17, 15) is 12.8 Å². The number of hydrogen-bond donors (Lipinski definition) is 1. The highest BCUT2D eigenvalue weighted by molar-refractivity contribution is 7.89. The number of aromatic nitrogens is 3. The van der Waals surface area contributed by atoms with Gasteiger partial charge in [0.1, 0.15) is 17.3 Å². The Morgan fingerprint density at radius 1 is 1.25 bits per heavy atom. The van der Waals surface area contributed by atoms with Gasteiger partial charge in [-0.1, -0.05) is 13.8 Å². The summed E-state index contributed by atoms with van der Waals surface area (Å²) < 4.78 is 43.8. The Balaban J connectivity index is 0.00000114. The fourth-order valence-electron chi connectivity index (χ4n) is 3.11. The molecule has 2 N–H and O–H groups in total. The summed E-state index contributed by atoms with van der Waals surface area (Å²) in [4.78, 5) is 20.4. The molecular weight excluding hydrogens is 439 g/mol. The van der Waals surface area contributed by atoms with E-state index in [1.54, 1.807) is 18.3 Å². The molecule has 0 unspecified atom stereocenters. The Hall–Kier alpha value is -3.40. The Bertz CT molecular complexity index is 1220. The highest BCUT2D eigenvalue weighted by Gasteiger charge is 2.13. The first-order chi connectivity index (χ1) is 15.1. The quantitative estimate of drug-likeness (QED) is 0.570. The van der Waals surface area contributed by atoms with Crippen LogP contribution in [0.25, 0.3) is 11.1 Å². The topological polar surface area (TPSA) is 134 Å². The van der Waals surface area contributed by atoms with Gasteiger partial charge < -0.3 is 4.74 Å². The third kappa shape index (κ3) is 6.55. The molecule has 0 radical (unpaired) electrons. The Morgan fingerprint density at radius 3 is 2.53 bits per heavy atom. The second kappa shape index (κ2) is 10.8. The molecule has 0 amide bonds. The van der Waals surface area contributed by atoms with Crippen molar-refractivity contribution in [3.05, 3.63) is 59.8 Å². The average molecular weight is 463 g/mol. The number of ether oxygens (including phenoxy) is 1. The molecule has 0 spiro atoms. The summed E-state index contributed by atoms with van der Waals surface area (Å²) in [5.41, 5.74) is 3.59. The molecule has 0 saturated carbocycles. The minimum absolute atomic E-state index is 0.0554. The van der Waals surface area contributed by atoms with Crippen LogP contribution in [0.5, 0.6) is 5.88 Å². The van der Waals surface area contributed by atoms with Gasteiger partial charge in [0.05, 0.1) is 12.7 Å². The van der Waals surface area contributed by atoms with E-state index in [0.29, 0.717) is 12.4 Å². The SMILES string of the molecule is Cc1c(-c2ccnc(OCCn3cc(S(N)(=O)=O)cn3)c2)cc(F)cc1C(C)C.O=C=O. The number of hydrogen-bond acceptors (Lipinski definition) is 7. The van der Waals surface area contributed by atoms with E-state index in [4.69, 9.17) is 19.5 Å². The molecule has 0 aliphatic carbocycles. The molecule has 2 heterocycles. The fraction of sp³-hybridized carbons (Fsp3) is 0.286. The zero-order valence-corrected chi connectivity index (χ0v) is 18.6. The third-order valence-corrected chi connectivity index (χ3v) is 5.46. The summed E-state index contributed by atoms with van der Waals surface area (Å²) in [5, 5.41) is 9.01. The number of pyridine rings is 1. The molecule has 3 aromatic rings. The lowest BCUT2D eigenvalue weighted by Gasteiger charge is -2.15. The average Bonchev–Trinajstić information content (AvgIpc) is 3.20. The van der Waals surface area contributed by atoms with Crippen LogP contribution in [-0.4, -0.2) is 35.9 Å². The lowest BCUT2D eigenvalue weighted by molar-refractivity contribution is -0.191. The lowest BCUT2D eigenvalue weighted by Crippen LogP contribution is -2.12. The molecule has 1 aromatic carbocycles. The zero-order valence-electron chi connectivity index (χ0n) is 17.8. The van der Waals surface area contributed by atoms with E-state index < -0.39 is 10.0 Å². The molecule has 0 aliphatic rings. The van der Waals surface area contributed by atoms with Gasteiger partial charge in [0.25, 0.3) is 0 Å². The maximum atomic E-state index is 14.1. The molecule has 9 nitrogen and oxygen atoms in total. The van der Waals surface area contributed by atoms with E-state index in [1.807, 2.05) is 26.8 Å². The number of nitrogens with zero attached hydrogens (tertiary/aromatic N) is 3. The summed E-state index contributed by atoms with van der Waals surface area (Å²) >= 11 is 0. The van der Waals surface area contributed by atoms with Crippen LogP contribution in [0.3, 0.4) is 0 Å². The second-order valence-corrected chi connectivity index (χ2v) is 8.68. The predicted octanol–water partition coefficient (Wildman–Crippen LogP) is 2.66. The van der Waals surface area contributed by atoms with Crippen LogP contribution in [0.1, 0.15) is 30.9 Å². The van der Waals surface area contributed by atoms with Crippen LogP contribution >= 0.6 is 0 Å². The summed E-state index contributed by atoms with van der Waals surface area (Å²) in [6.07, 6.45) is 4.39. The van der Waals surface area contributed by atoms with Crippen LogP contribution in [0, 0.1) is 12.7 Å². The van der Waals surface area contributed by atoms with E-state index >= 15 is 0 Å². The van der Waals surface area contributed by atoms with Crippen molar-refractivity contribution in [3.8, 4) is 17.0 Å². The Labute approximate surface area is 185 Å². The van der Waals surface area contributed by atoms with Crippen molar-refractivity contribution in [3.63, 3.8) is 0 Å². The van der Waals surface area contributed by atoms with Gasteiger partial charge in [-0.2, -0.15) is 14.7 Å². The van der Waals surface area contributed by atoms with Crippen molar-refractivity contribution in [2.75, 3.05) is 6.61 Å². The van der Waals surface area contributed by atoms with Gasteiger partial charge in [-0.25, -0.2) is 22.9 Å². The molecule has 11 heteroatoms. The molecular formula is C21H23FN4O5S. The van der Waals surface area contributed by atoms with E-state index in [0.717, 1.165) is 22.3 Å². The minimum Gasteiger partial charge on any atom is -0.476 e. The highest BCUT2D eigenvalue weighted by Crippen LogP contribution is 2.31. The van der Waals surface area contributed by atoms with Crippen LogP contribution in [0.2, 0.25) is 0 Å². The minimum atomic E-state index is -3.78. The van der Waals surface area contributed by atoms with E-state index in [2.05, 4.69) is 10.1 Å². The molecule has 2 aromatic heterocycles. The first kappa shape index (κ1) is 24.9. The van der Waals surface area contributed by atoms with Gasteiger partial charge in [0, 0.05) is 18.5 Å². The van der Waals surface area contributed by atoms with E-state index in [1.165, 1.54) is 23.1 Å². The monoisotopic (exact) mass is 462 g/mol. The van der Waals surface area contributed by atoms with Crippen LogP contribution in [0.15, 0.2) is 47.8 Å². The summed E-state index contributed by atoms with van der Waals surface area (Å²) in [6.45, 7) is 6.58. The van der Waals surface area contributed by atoms with Crippen molar-refractivity contribution in [1.29, 1.82) is 0 Å². The Morgan fingerprint density at radius 2 is 1.94 bits per heavy atom. The predicted molar refractivity (Wildman–Crippen MR) is 113 cm³/mol. The maximum absolute atomic E-state index is 14.1.